The van der Waals surface area contributed by atoms with E-state index < -0.39 is 11.7 Å². The molecule has 2 amide bonds. The van der Waals surface area contributed by atoms with E-state index in [-0.39, 0.29) is 24.1 Å². The predicted molar refractivity (Wildman–Crippen MR) is 75.8 cm³/mol. The van der Waals surface area contributed by atoms with E-state index in [1.165, 1.54) is 12.1 Å². The quantitative estimate of drug-likeness (QED) is 0.677. The third kappa shape index (κ3) is 4.04. The monoisotopic (exact) mass is 289 g/mol. The minimum absolute atomic E-state index is 0.0329. The minimum atomic E-state index is -0.629. The van der Waals surface area contributed by atoms with Crippen molar-refractivity contribution in [2.24, 2.45) is 5.73 Å². The van der Waals surface area contributed by atoms with E-state index in [1.807, 2.05) is 0 Å². The standard InChI is InChI=1S/C15H16FN3O2/c16-13-8-10(2-1-7-17)3-5-12(13)15(21)19-11-4-6-14(20)18-9-11/h3,5,8,11H,4,6-7,9,17H2,(H,18,20)(H,19,21). The van der Waals surface area contributed by atoms with Crippen LogP contribution >= 0.6 is 0 Å². The van der Waals surface area contributed by atoms with E-state index in [1.54, 1.807) is 6.07 Å². The Morgan fingerprint density at radius 3 is 2.95 bits per heavy atom. The van der Waals surface area contributed by atoms with Crippen molar-refractivity contribution in [3.8, 4) is 11.8 Å². The van der Waals surface area contributed by atoms with Crippen LogP contribution in [-0.4, -0.2) is 30.9 Å². The number of piperidine rings is 1. The molecule has 4 N–H and O–H groups in total. The molecule has 1 heterocycles. The molecule has 0 bridgehead atoms. The first-order valence-corrected chi connectivity index (χ1v) is 6.66. The van der Waals surface area contributed by atoms with E-state index in [4.69, 9.17) is 5.73 Å². The van der Waals surface area contributed by atoms with Crippen molar-refractivity contribution in [2.45, 2.75) is 18.9 Å². The van der Waals surface area contributed by atoms with Crippen LogP contribution in [0.1, 0.15) is 28.8 Å². The normalized spacial score (nSPS) is 17.4. The zero-order valence-electron chi connectivity index (χ0n) is 11.4. The number of halogens is 1. The average Bonchev–Trinajstić information content (AvgIpc) is 2.47. The SMILES string of the molecule is NCC#Cc1ccc(C(=O)NC2CCC(=O)NC2)c(F)c1. The fourth-order valence-electron chi connectivity index (χ4n) is 2.05. The summed E-state index contributed by atoms with van der Waals surface area (Å²) in [5, 5.41) is 5.37. The number of nitrogens with one attached hydrogen (secondary N) is 2. The second-order valence-corrected chi connectivity index (χ2v) is 4.71. The van der Waals surface area contributed by atoms with Crippen LogP contribution in [0.4, 0.5) is 4.39 Å². The van der Waals surface area contributed by atoms with Gasteiger partial charge in [0.25, 0.3) is 5.91 Å². The van der Waals surface area contributed by atoms with Gasteiger partial charge in [-0.15, -0.1) is 0 Å². The number of carbonyl (C=O) groups is 2. The highest BCUT2D eigenvalue weighted by atomic mass is 19.1. The average molecular weight is 289 g/mol. The van der Waals surface area contributed by atoms with Gasteiger partial charge in [-0.25, -0.2) is 4.39 Å². The molecule has 1 saturated heterocycles. The number of nitrogens with two attached hydrogens (primary N) is 1. The Morgan fingerprint density at radius 2 is 2.33 bits per heavy atom. The van der Waals surface area contributed by atoms with Crippen LogP contribution in [0.2, 0.25) is 0 Å². The third-order valence-electron chi connectivity index (χ3n) is 3.15. The molecule has 0 radical (unpaired) electrons. The van der Waals surface area contributed by atoms with Gasteiger partial charge in [-0.1, -0.05) is 11.8 Å². The Hall–Kier alpha value is -2.39. The fraction of sp³-hybridized carbons (Fsp3) is 0.333. The maximum Gasteiger partial charge on any atom is 0.254 e. The molecule has 0 aliphatic carbocycles. The van der Waals surface area contributed by atoms with Crippen LogP contribution in [0.25, 0.3) is 0 Å². The Morgan fingerprint density at radius 1 is 1.52 bits per heavy atom. The topological polar surface area (TPSA) is 84.2 Å². The van der Waals surface area contributed by atoms with Gasteiger partial charge in [-0.3, -0.25) is 9.59 Å². The molecular formula is C15H16FN3O2. The molecule has 110 valence electrons. The first-order valence-electron chi connectivity index (χ1n) is 6.66. The Balaban J connectivity index is 2.04. The molecule has 2 rings (SSSR count). The second-order valence-electron chi connectivity index (χ2n) is 4.71. The fourth-order valence-corrected chi connectivity index (χ4v) is 2.05. The molecule has 5 nitrogen and oxygen atoms in total. The number of hydrogen-bond donors (Lipinski definition) is 3. The molecule has 1 atom stereocenters. The van der Waals surface area contributed by atoms with E-state index in [0.29, 0.717) is 24.9 Å². The molecule has 1 aliphatic heterocycles. The predicted octanol–water partition coefficient (Wildman–Crippen LogP) is 0.144. The number of rotatable bonds is 2. The molecule has 1 fully saturated rings. The first-order chi connectivity index (χ1) is 10.1. The lowest BCUT2D eigenvalue weighted by atomic mass is 10.1. The molecular weight excluding hydrogens is 273 g/mol. The largest absolute Gasteiger partial charge is 0.354 e. The Bertz CT molecular complexity index is 609. The van der Waals surface area contributed by atoms with E-state index in [9.17, 15) is 14.0 Å². The van der Waals surface area contributed by atoms with Crippen LogP contribution in [0.5, 0.6) is 0 Å². The third-order valence-corrected chi connectivity index (χ3v) is 3.15. The maximum absolute atomic E-state index is 13.9. The van der Waals surface area contributed by atoms with E-state index >= 15 is 0 Å². The van der Waals surface area contributed by atoms with Crippen molar-refractivity contribution >= 4 is 11.8 Å². The maximum atomic E-state index is 13.9. The van der Waals surface area contributed by atoms with Crippen molar-refractivity contribution in [1.82, 2.24) is 10.6 Å². The number of benzene rings is 1. The molecule has 0 aromatic heterocycles. The lowest BCUT2D eigenvalue weighted by Crippen LogP contribution is -2.47. The lowest BCUT2D eigenvalue weighted by molar-refractivity contribution is -0.122. The molecule has 1 aliphatic rings. The Kier molecular flexibility index (Phi) is 4.90. The second kappa shape index (κ2) is 6.86. The van der Waals surface area contributed by atoms with Gasteiger partial charge >= 0.3 is 0 Å². The van der Waals surface area contributed by atoms with Gasteiger partial charge in [0.15, 0.2) is 0 Å². The summed E-state index contributed by atoms with van der Waals surface area (Å²) in [5.41, 5.74) is 5.68. The minimum Gasteiger partial charge on any atom is -0.354 e. The highest BCUT2D eigenvalue weighted by Gasteiger charge is 2.21. The van der Waals surface area contributed by atoms with Gasteiger partial charge < -0.3 is 16.4 Å². The van der Waals surface area contributed by atoms with Crippen molar-refractivity contribution in [1.29, 1.82) is 0 Å². The van der Waals surface area contributed by atoms with Gasteiger partial charge in [-0.05, 0) is 24.6 Å². The van der Waals surface area contributed by atoms with E-state index in [0.717, 1.165) is 0 Å². The highest BCUT2D eigenvalue weighted by Crippen LogP contribution is 2.11. The van der Waals surface area contributed by atoms with Crippen LogP contribution in [-0.2, 0) is 4.79 Å². The summed E-state index contributed by atoms with van der Waals surface area (Å²) in [6.07, 6.45) is 0.917. The molecule has 0 saturated carbocycles. The first kappa shape index (κ1) is 15.0. The van der Waals surface area contributed by atoms with Crippen LogP contribution in [0, 0.1) is 17.7 Å². The van der Waals surface area contributed by atoms with Gasteiger partial charge in [0.1, 0.15) is 5.82 Å². The zero-order chi connectivity index (χ0) is 15.2. The number of carbonyl (C=O) groups excluding carboxylic acids is 2. The van der Waals surface area contributed by atoms with Gasteiger partial charge in [0.05, 0.1) is 12.1 Å². The summed E-state index contributed by atoms with van der Waals surface area (Å²) in [6.45, 7) is 0.559. The van der Waals surface area contributed by atoms with Crippen LogP contribution < -0.4 is 16.4 Å². The molecule has 21 heavy (non-hydrogen) atoms. The van der Waals surface area contributed by atoms with Gasteiger partial charge in [-0.2, -0.15) is 0 Å². The zero-order valence-corrected chi connectivity index (χ0v) is 11.4. The van der Waals surface area contributed by atoms with E-state index in [2.05, 4.69) is 22.5 Å². The van der Waals surface area contributed by atoms with Crippen molar-refractivity contribution in [2.75, 3.05) is 13.1 Å². The summed E-state index contributed by atoms with van der Waals surface area (Å²) < 4.78 is 13.9. The lowest BCUT2D eigenvalue weighted by Gasteiger charge is -2.23. The Labute approximate surface area is 122 Å². The molecule has 1 aromatic rings. The molecule has 6 heteroatoms. The van der Waals surface area contributed by atoms with Gasteiger partial charge in [0.2, 0.25) is 5.91 Å². The molecule has 0 spiro atoms. The van der Waals surface area contributed by atoms with Gasteiger partial charge in [0, 0.05) is 24.6 Å². The van der Waals surface area contributed by atoms with Crippen LogP contribution in [0.3, 0.4) is 0 Å². The smallest absolute Gasteiger partial charge is 0.254 e. The summed E-state index contributed by atoms with van der Waals surface area (Å²) in [7, 11) is 0. The highest BCUT2D eigenvalue weighted by molar-refractivity contribution is 5.95. The van der Waals surface area contributed by atoms with Crippen molar-refractivity contribution in [3.63, 3.8) is 0 Å². The number of amides is 2. The summed E-state index contributed by atoms with van der Waals surface area (Å²) >= 11 is 0. The van der Waals surface area contributed by atoms with Crippen LogP contribution in [0.15, 0.2) is 18.2 Å². The molecule has 1 unspecified atom stereocenters. The van der Waals surface area contributed by atoms with Crippen molar-refractivity contribution in [3.05, 3.63) is 35.1 Å². The summed E-state index contributed by atoms with van der Waals surface area (Å²) in [6, 6.07) is 4.00. The summed E-state index contributed by atoms with van der Waals surface area (Å²) in [4.78, 5) is 23.1. The number of hydrogen-bond acceptors (Lipinski definition) is 3. The van der Waals surface area contributed by atoms with Crippen molar-refractivity contribution < 1.29 is 14.0 Å². The summed E-state index contributed by atoms with van der Waals surface area (Å²) in [5.74, 6) is 4.17. The molecule has 1 aromatic carbocycles.